The van der Waals surface area contributed by atoms with Crippen molar-refractivity contribution in [1.82, 2.24) is 5.32 Å². The van der Waals surface area contributed by atoms with Crippen LogP contribution in [0.3, 0.4) is 0 Å². The fourth-order valence-electron chi connectivity index (χ4n) is 2.45. The van der Waals surface area contributed by atoms with E-state index in [4.69, 9.17) is 0 Å². The molecule has 3 nitrogen and oxygen atoms in total. The smallest absolute Gasteiger partial charge is 0.241 e. The summed E-state index contributed by atoms with van der Waals surface area (Å²) < 4.78 is 13.3. The van der Waals surface area contributed by atoms with E-state index in [9.17, 15) is 9.18 Å². The molecule has 0 aliphatic carbocycles. The van der Waals surface area contributed by atoms with E-state index < -0.39 is 0 Å². The van der Waals surface area contributed by atoms with Gasteiger partial charge in [0.15, 0.2) is 0 Å². The molecule has 0 saturated heterocycles. The molecule has 1 aliphatic heterocycles. The Labute approximate surface area is 117 Å². The van der Waals surface area contributed by atoms with Crippen LogP contribution in [0.2, 0.25) is 0 Å². The maximum atomic E-state index is 13.3. The fraction of sp³-hybridized carbons (Fsp3) is 0.188. The molecular weight excluding hydrogens is 255 g/mol. The summed E-state index contributed by atoms with van der Waals surface area (Å²) in [6.45, 7) is 1.35. The van der Waals surface area contributed by atoms with Crippen molar-refractivity contribution in [2.75, 3.05) is 11.4 Å². The number of hydrogen-bond acceptors (Lipinski definition) is 2. The van der Waals surface area contributed by atoms with E-state index in [0.717, 1.165) is 16.8 Å². The first kappa shape index (κ1) is 12.8. The summed E-state index contributed by atoms with van der Waals surface area (Å²) in [6, 6.07) is 14.2. The number of amides is 1. The highest BCUT2D eigenvalue weighted by Crippen LogP contribution is 2.24. The highest BCUT2D eigenvalue weighted by Gasteiger charge is 2.21. The first-order valence-corrected chi connectivity index (χ1v) is 6.57. The Morgan fingerprint density at radius 1 is 1.10 bits per heavy atom. The quantitative estimate of drug-likeness (QED) is 0.909. The first-order valence-electron chi connectivity index (χ1n) is 6.57. The molecule has 0 radical (unpaired) electrons. The maximum absolute atomic E-state index is 13.3. The molecule has 0 aromatic heterocycles. The molecule has 0 bridgehead atoms. The lowest BCUT2D eigenvalue weighted by Gasteiger charge is -2.22. The van der Waals surface area contributed by atoms with Gasteiger partial charge in [0.05, 0.1) is 13.1 Å². The van der Waals surface area contributed by atoms with Crippen molar-refractivity contribution in [2.24, 2.45) is 0 Å². The zero-order valence-electron chi connectivity index (χ0n) is 11.0. The number of nitrogens with zero attached hydrogens (tertiary/aromatic N) is 1. The van der Waals surface area contributed by atoms with Crippen LogP contribution in [-0.2, 0) is 17.9 Å². The summed E-state index contributed by atoms with van der Waals surface area (Å²) in [6.07, 6.45) is 0. The molecule has 3 rings (SSSR count). The van der Waals surface area contributed by atoms with Crippen molar-refractivity contribution in [3.63, 3.8) is 0 Å². The summed E-state index contributed by atoms with van der Waals surface area (Å²) in [5, 5.41) is 3.12. The molecule has 0 fully saturated rings. The summed E-state index contributed by atoms with van der Waals surface area (Å²) in [4.78, 5) is 13.9. The van der Waals surface area contributed by atoms with Crippen LogP contribution in [0, 0.1) is 5.82 Å². The number of para-hydroxylation sites is 1. The molecule has 1 N–H and O–H groups in total. The molecule has 2 aromatic carbocycles. The maximum Gasteiger partial charge on any atom is 0.241 e. The molecular formula is C16H15FN2O. The molecule has 20 heavy (non-hydrogen) atoms. The molecule has 102 valence electrons. The number of nitrogens with one attached hydrogen (secondary N) is 1. The minimum atomic E-state index is -0.281. The van der Waals surface area contributed by atoms with Crippen LogP contribution in [-0.4, -0.2) is 12.5 Å². The van der Waals surface area contributed by atoms with Gasteiger partial charge >= 0.3 is 0 Å². The second-order valence-electron chi connectivity index (χ2n) is 4.84. The van der Waals surface area contributed by atoms with E-state index in [-0.39, 0.29) is 11.7 Å². The molecule has 0 unspecified atom stereocenters. The molecule has 2 aromatic rings. The Bertz CT molecular complexity index is 642. The monoisotopic (exact) mass is 270 g/mol. The minimum Gasteiger partial charge on any atom is -0.307 e. The van der Waals surface area contributed by atoms with Gasteiger partial charge in [0.1, 0.15) is 5.82 Å². The largest absolute Gasteiger partial charge is 0.307 e. The fourth-order valence-corrected chi connectivity index (χ4v) is 2.45. The van der Waals surface area contributed by atoms with E-state index in [1.165, 1.54) is 12.1 Å². The van der Waals surface area contributed by atoms with Crippen LogP contribution in [0.4, 0.5) is 10.1 Å². The van der Waals surface area contributed by atoms with E-state index in [1.54, 1.807) is 11.0 Å². The van der Waals surface area contributed by atoms with Gasteiger partial charge in [0.25, 0.3) is 0 Å². The molecule has 1 heterocycles. The van der Waals surface area contributed by atoms with Gasteiger partial charge in [-0.3, -0.25) is 4.79 Å². The van der Waals surface area contributed by atoms with Crippen molar-refractivity contribution in [3.8, 4) is 0 Å². The Morgan fingerprint density at radius 3 is 2.80 bits per heavy atom. The lowest BCUT2D eigenvalue weighted by Crippen LogP contribution is -2.35. The van der Waals surface area contributed by atoms with Crippen molar-refractivity contribution < 1.29 is 9.18 Å². The van der Waals surface area contributed by atoms with Crippen LogP contribution >= 0.6 is 0 Å². The van der Waals surface area contributed by atoms with Crippen LogP contribution in [0.25, 0.3) is 0 Å². The molecule has 0 atom stereocenters. The minimum absolute atomic E-state index is 0.000730. The van der Waals surface area contributed by atoms with Crippen LogP contribution in [0.1, 0.15) is 11.1 Å². The number of carbonyl (C=O) groups excluding carboxylic acids is 1. The van der Waals surface area contributed by atoms with Gasteiger partial charge in [0, 0.05) is 12.2 Å². The SMILES string of the molecule is O=C1CNCc2ccccc2N1Cc1cccc(F)c1. The van der Waals surface area contributed by atoms with E-state index in [2.05, 4.69) is 5.32 Å². The van der Waals surface area contributed by atoms with E-state index >= 15 is 0 Å². The van der Waals surface area contributed by atoms with Crippen LogP contribution in [0.15, 0.2) is 48.5 Å². The Kier molecular flexibility index (Phi) is 3.48. The van der Waals surface area contributed by atoms with Gasteiger partial charge in [-0.2, -0.15) is 0 Å². The van der Waals surface area contributed by atoms with Crippen LogP contribution in [0.5, 0.6) is 0 Å². The van der Waals surface area contributed by atoms with Crippen molar-refractivity contribution in [2.45, 2.75) is 13.1 Å². The molecule has 0 spiro atoms. The average molecular weight is 270 g/mol. The average Bonchev–Trinajstić information content (AvgIpc) is 2.59. The number of fused-ring (bicyclic) bond motifs is 1. The van der Waals surface area contributed by atoms with E-state index in [0.29, 0.717) is 19.6 Å². The highest BCUT2D eigenvalue weighted by molar-refractivity contribution is 5.96. The standard InChI is InChI=1S/C16H15FN2O/c17-14-6-3-4-12(8-14)11-19-15-7-2-1-5-13(15)9-18-10-16(19)20/h1-8,18H,9-11H2. The summed E-state index contributed by atoms with van der Waals surface area (Å²) >= 11 is 0. The summed E-state index contributed by atoms with van der Waals surface area (Å²) in [5.41, 5.74) is 2.76. The zero-order chi connectivity index (χ0) is 13.9. The third-order valence-corrected chi connectivity index (χ3v) is 3.40. The zero-order valence-corrected chi connectivity index (χ0v) is 11.0. The Balaban J connectivity index is 1.96. The summed E-state index contributed by atoms with van der Waals surface area (Å²) in [7, 11) is 0. The van der Waals surface area contributed by atoms with Gasteiger partial charge in [-0.05, 0) is 29.3 Å². The molecule has 1 aliphatic rings. The second kappa shape index (κ2) is 5.43. The number of rotatable bonds is 2. The number of benzene rings is 2. The predicted octanol–water partition coefficient (Wildman–Crippen LogP) is 2.46. The van der Waals surface area contributed by atoms with Crippen molar-refractivity contribution in [3.05, 3.63) is 65.5 Å². The number of carbonyl (C=O) groups is 1. The second-order valence-corrected chi connectivity index (χ2v) is 4.84. The van der Waals surface area contributed by atoms with Crippen molar-refractivity contribution in [1.29, 1.82) is 0 Å². The topological polar surface area (TPSA) is 32.3 Å². The van der Waals surface area contributed by atoms with Gasteiger partial charge in [-0.1, -0.05) is 30.3 Å². The molecule has 1 amide bonds. The van der Waals surface area contributed by atoms with E-state index in [1.807, 2.05) is 30.3 Å². The normalized spacial score (nSPS) is 14.8. The lowest BCUT2D eigenvalue weighted by molar-refractivity contribution is -0.117. The first-order chi connectivity index (χ1) is 9.74. The highest BCUT2D eigenvalue weighted by atomic mass is 19.1. The third-order valence-electron chi connectivity index (χ3n) is 3.40. The number of anilines is 1. The van der Waals surface area contributed by atoms with Gasteiger partial charge in [-0.25, -0.2) is 4.39 Å². The lowest BCUT2D eigenvalue weighted by atomic mass is 10.1. The third kappa shape index (κ3) is 2.56. The van der Waals surface area contributed by atoms with Gasteiger partial charge in [0.2, 0.25) is 5.91 Å². The number of hydrogen-bond donors (Lipinski definition) is 1. The van der Waals surface area contributed by atoms with Crippen LogP contribution < -0.4 is 10.2 Å². The van der Waals surface area contributed by atoms with Gasteiger partial charge < -0.3 is 10.2 Å². The van der Waals surface area contributed by atoms with Crippen molar-refractivity contribution >= 4 is 11.6 Å². The van der Waals surface area contributed by atoms with Gasteiger partial charge in [-0.15, -0.1) is 0 Å². The predicted molar refractivity (Wildman–Crippen MR) is 75.7 cm³/mol. The Morgan fingerprint density at radius 2 is 1.95 bits per heavy atom. The molecule has 0 saturated carbocycles. The number of halogens is 1. The Hall–Kier alpha value is -2.20. The molecule has 4 heteroatoms. The summed E-state index contributed by atoms with van der Waals surface area (Å²) in [5.74, 6) is -0.282.